The number of guanidine groups is 1. The minimum Gasteiger partial charge on any atom is -0.356 e. The average Bonchev–Trinajstić information content (AvgIpc) is 2.98. The smallest absolute Gasteiger partial charge is 0.191 e. The summed E-state index contributed by atoms with van der Waals surface area (Å²) in [5.41, 5.74) is 2.84. The van der Waals surface area contributed by atoms with Gasteiger partial charge in [-0.15, -0.1) is 35.3 Å². The van der Waals surface area contributed by atoms with Crippen LogP contribution in [0.25, 0.3) is 0 Å². The first kappa shape index (κ1) is 23.8. The van der Waals surface area contributed by atoms with Crippen molar-refractivity contribution in [1.82, 2.24) is 15.6 Å². The van der Waals surface area contributed by atoms with Gasteiger partial charge in [0.1, 0.15) is 0 Å². The van der Waals surface area contributed by atoms with Crippen molar-refractivity contribution in [3.05, 3.63) is 45.4 Å². The Morgan fingerprint density at radius 2 is 2.00 bits per heavy atom. The fourth-order valence-corrected chi connectivity index (χ4v) is 4.39. The molecule has 27 heavy (non-hydrogen) atoms. The molecule has 2 N–H and O–H groups in total. The van der Waals surface area contributed by atoms with Crippen LogP contribution in [0, 0.1) is 13.8 Å². The van der Waals surface area contributed by atoms with Crippen LogP contribution in [0.2, 0.25) is 0 Å². The third-order valence-corrected chi connectivity index (χ3v) is 6.13. The zero-order valence-electron chi connectivity index (χ0n) is 16.1. The van der Waals surface area contributed by atoms with Crippen molar-refractivity contribution < 1.29 is 8.42 Å². The van der Waals surface area contributed by atoms with E-state index in [4.69, 9.17) is 0 Å². The summed E-state index contributed by atoms with van der Waals surface area (Å²) < 4.78 is 23.4. The highest BCUT2D eigenvalue weighted by molar-refractivity contribution is 14.0. The van der Waals surface area contributed by atoms with Crippen molar-refractivity contribution in [3.63, 3.8) is 0 Å². The largest absolute Gasteiger partial charge is 0.356 e. The number of aryl methyl sites for hydroxylation is 3. The van der Waals surface area contributed by atoms with Crippen LogP contribution < -0.4 is 10.6 Å². The van der Waals surface area contributed by atoms with Gasteiger partial charge in [0.25, 0.3) is 0 Å². The molecule has 2 aromatic rings. The first-order chi connectivity index (χ1) is 12.3. The maximum atomic E-state index is 11.7. The topological polar surface area (TPSA) is 83.4 Å². The third kappa shape index (κ3) is 7.74. The van der Waals surface area contributed by atoms with Crippen LogP contribution in [0.4, 0.5) is 0 Å². The maximum Gasteiger partial charge on any atom is 0.191 e. The Balaban J connectivity index is 0.00000364. The first-order valence-corrected chi connectivity index (χ1v) is 11.2. The molecule has 0 saturated carbocycles. The van der Waals surface area contributed by atoms with Gasteiger partial charge in [0.2, 0.25) is 0 Å². The van der Waals surface area contributed by atoms with Gasteiger partial charge < -0.3 is 10.6 Å². The van der Waals surface area contributed by atoms with E-state index in [0.717, 1.165) is 47.2 Å². The molecule has 6 nitrogen and oxygen atoms in total. The molecular weight excluding hydrogens is 495 g/mol. The highest BCUT2D eigenvalue weighted by Crippen LogP contribution is 2.16. The second kappa shape index (κ2) is 11.0. The Labute approximate surface area is 182 Å². The zero-order valence-corrected chi connectivity index (χ0v) is 20.0. The van der Waals surface area contributed by atoms with Gasteiger partial charge in [-0.05, 0) is 37.5 Å². The molecule has 0 aliphatic rings. The SMILES string of the molecule is CN=C(NCCCc1nc(C)cs1)NCc1ccc(S(C)(=O)=O)c(C)c1.I. The number of halogens is 1. The molecule has 0 unspecified atom stereocenters. The molecule has 9 heteroatoms. The number of aliphatic imine (C=N–C) groups is 1. The van der Waals surface area contributed by atoms with E-state index in [-0.39, 0.29) is 24.0 Å². The van der Waals surface area contributed by atoms with Crippen molar-refractivity contribution in [2.24, 2.45) is 4.99 Å². The average molecular weight is 522 g/mol. The van der Waals surface area contributed by atoms with Crippen LogP contribution in [-0.2, 0) is 22.8 Å². The van der Waals surface area contributed by atoms with E-state index in [1.54, 1.807) is 24.5 Å². The molecule has 1 aromatic heterocycles. The monoisotopic (exact) mass is 522 g/mol. The van der Waals surface area contributed by atoms with Crippen LogP contribution in [0.5, 0.6) is 0 Å². The van der Waals surface area contributed by atoms with Crippen LogP contribution in [-0.4, -0.2) is 39.2 Å². The maximum absolute atomic E-state index is 11.7. The second-order valence-electron chi connectivity index (χ2n) is 6.21. The normalized spacial score (nSPS) is 11.8. The van der Waals surface area contributed by atoms with Crippen LogP contribution in [0.1, 0.15) is 28.2 Å². The molecule has 0 fully saturated rings. The fourth-order valence-electron chi connectivity index (χ4n) is 2.61. The molecule has 0 spiro atoms. The number of hydrogen-bond donors (Lipinski definition) is 2. The zero-order chi connectivity index (χ0) is 19.2. The van der Waals surface area contributed by atoms with Gasteiger partial charge in [-0.3, -0.25) is 4.99 Å². The number of rotatable bonds is 7. The lowest BCUT2D eigenvalue weighted by Gasteiger charge is -2.13. The van der Waals surface area contributed by atoms with Crippen molar-refractivity contribution >= 4 is 51.1 Å². The van der Waals surface area contributed by atoms with Crippen LogP contribution in [0.3, 0.4) is 0 Å². The van der Waals surface area contributed by atoms with Gasteiger partial charge in [-0.25, -0.2) is 13.4 Å². The van der Waals surface area contributed by atoms with Gasteiger partial charge in [-0.2, -0.15) is 0 Å². The van der Waals surface area contributed by atoms with E-state index in [0.29, 0.717) is 11.4 Å². The predicted octanol–water partition coefficient (Wildman–Crippen LogP) is 3.08. The summed E-state index contributed by atoms with van der Waals surface area (Å²) in [7, 11) is -1.45. The van der Waals surface area contributed by atoms with Gasteiger partial charge in [0, 0.05) is 43.9 Å². The first-order valence-electron chi connectivity index (χ1n) is 8.44. The van der Waals surface area contributed by atoms with Crippen molar-refractivity contribution in [2.75, 3.05) is 19.8 Å². The molecular formula is C18H27IN4O2S2. The summed E-state index contributed by atoms with van der Waals surface area (Å²) in [5.74, 6) is 0.727. The van der Waals surface area contributed by atoms with Gasteiger partial charge in [0.05, 0.1) is 9.90 Å². The van der Waals surface area contributed by atoms with Crippen molar-refractivity contribution in [3.8, 4) is 0 Å². The summed E-state index contributed by atoms with van der Waals surface area (Å²) in [6, 6.07) is 5.38. The minimum absolute atomic E-state index is 0. The third-order valence-electron chi connectivity index (χ3n) is 3.85. The Morgan fingerprint density at radius 1 is 1.26 bits per heavy atom. The molecule has 0 radical (unpaired) electrons. The van der Waals surface area contributed by atoms with E-state index in [1.165, 1.54) is 6.26 Å². The Bertz CT molecular complexity index is 879. The Kier molecular flexibility index (Phi) is 9.68. The van der Waals surface area contributed by atoms with E-state index < -0.39 is 9.84 Å². The standard InChI is InChI=1S/C18H26N4O2S2.HI/c1-13-10-15(7-8-16(13)26(4,23)24)11-21-18(19-3)20-9-5-6-17-22-14(2)12-25-17;/h7-8,10,12H,5-6,9,11H2,1-4H3,(H2,19,20,21);1H. The number of nitrogens with zero attached hydrogens (tertiary/aromatic N) is 2. The highest BCUT2D eigenvalue weighted by atomic mass is 127. The number of aromatic nitrogens is 1. The molecule has 0 atom stereocenters. The number of thiazole rings is 1. The number of hydrogen-bond acceptors (Lipinski definition) is 5. The summed E-state index contributed by atoms with van der Waals surface area (Å²) in [6.07, 6.45) is 3.16. The van der Waals surface area contributed by atoms with Crippen molar-refractivity contribution in [1.29, 1.82) is 0 Å². The Hall–Kier alpha value is -1.20. The predicted molar refractivity (Wildman–Crippen MR) is 123 cm³/mol. The molecule has 0 amide bonds. The lowest BCUT2D eigenvalue weighted by Crippen LogP contribution is -2.37. The minimum atomic E-state index is -3.18. The van der Waals surface area contributed by atoms with E-state index in [1.807, 2.05) is 26.0 Å². The highest BCUT2D eigenvalue weighted by Gasteiger charge is 2.11. The molecule has 2 rings (SSSR count). The molecule has 0 aliphatic carbocycles. The summed E-state index contributed by atoms with van der Waals surface area (Å²) in [6.45, 7) is 5.21. The van der Waals surface area contributed by atoms with Crippen LogP contribution in [0.15, 0.2) is 33.5 Å². The molecule has 1 aromatic carbocycles. The Morgan fingerprint density at radius 3 is 2.56 bits per heavy atom. The van der Waals surface area contributed by atoms with Crippen molar-refractivity contribution in [2.45, 2.75) is 38.1 Å². The quantitative estimate of drug-likeness (QED) is 0.253. The summed E-state index contributed by atoms with van der Waals surface area (Å²) in [4.78, 5) is 9.05. The second-order valence-corrected chi connectivity index (χ2v) is 9.14. The number of nitrogens with one attached hydrogen (secondary N) is 2. The van der Waals surface area contributed by atoms with E-state index in [9.17, 15) is 8.42 Å². The molecule has 0 bridgehead atoms. The lowest BCUT2D eigenvalue weighted by molar-refractivity contribution is 0.601. The fraction of sp³-hybridized carbons (Fsp3) is 0.444. The van der Waals surface area contributed by atoms with Gasteiger partial charge in [-0.1, -0.05) is 12.1 Å². The summed E-state index contributed by atoms with van der Waals surface area (Å²) >= 11 is 1.70. The molecule has 0 aliphatic heterocycles. The molecule has 150 valence electrons. The summed E-state index contributed by atoms with van der Waals surface area (Å²) in [5, 5.41) is 9.77. The number of benzene rings is 1. The van der Waals surface area contributed by atoms with Gasteiger partial charge in [0.15, 0.2) is 15.8 Å². The molecule has 0 saturated heterocycles. The van der Waals surface area contributed by atoms with E-state index >= 15 is 0 Å². The van der Waals surface area contributed by atoms with E-state index in [2.05, 4.69) is 26.0 Å². The molecule has 1 heterocycles. The van der Waals surface area contributed by atoms with Crippen LogP contribution >= 0.6 is 35.3 Å². The lowest BCUT2D eigenvalue weighted by atomic mass is 10.1. The number of sulfone groups is 1. The van der Waals surface area contributed by atoms with Gasteiger partial charge >= 0.3 is 0 Å².